The average Bonchev–Trinajstić information content (AvgIpc) is 2.57. The van der Waals surface area contributed by atoms with Gasteiger partial charge in [-0.25, -0.2) is 4.98 Å². The summed E-state index contributed by atoms with van der Waals surface area (Å²) in [7, 11) is 0. The summed E-state index contributed by atoms with van der Waals surface area (Å²) < 4.78 is 0. The second-order valence-corrected chi connectivity index (χ2v) is 6.06. The first-order valence-electron chi connectivity index (χ1n) is 7.51. The molecule has 1 atom stereocenters. The van der Waals surface area contributed by atoms with E-state index in [2.05, 4.69) is 16.4 Å². The number of nitrogen functional groups attached to an aromatic ring is 1. The van der Waals surface area contributed by atoms with E-state index in [0.717, 1.165) is 31.5 Å². The van der Waals surface area contributed by atoms with Crippen LogP contribution in [-0.2, 0) is 0 Å². The van der Waals surface area contributed by atoms with Crippen LogP contribution in [-0.4, -0.2) is 23.2 Å². The Kier molecular flexibility index (Phi) is 4.37. The molecular formula is C17H17ClN4O. The number of aromatic nitrogens is 1. The van der Waals surface area contributed by atoms with Gasteiger partial charge in [-0.1, -0.05) is 17.7 Å². The molecule has 1 aliphatic heterocycles. The van der Waals surface area contributed by atoms with Crippen molar-refractivity contribution in [2.45, 2.75) is 18.8 Å². The van der Waals surface area contributed by atoms with Crippen LogP contribution >= 0.6 is 11.6 Å². The average molecular weight is 329 g/mol. The molecule has 1 saturated heterocycles. The van der Waals surface area contributed by atoms with E-state index in [4.69, 9.17) is 17.3 Å². The summed E-state index contributed by atoms with van der Waals surface area (Å²) in [5.41, 5.74) is 8.34. The molecule has 1 fully saturated rings. The lowest BCUT2D eigenvalue weighted by Gasteiger charge is -2.24. The van der Waals surface area contributed by atoms with Gasteiger partial charge in [0.05, 0.1) is 16.3 Å². The molecule has 0 bridgehead atoms. The number of nitrogens with zero attached hydrogens (tertiary/aromatic N) is 2. The Labute approximate surface area is 139 Å². The lowest BCUT2D eigenvalue weighted by molar-refractivity contribution is 0.461. The summed E-state index contributed by atoms with van der Waals surface area (Å²) in [6, 6.07) is 9.10. The Bertz CT molecular complexity index is 779. The predicted molar refractivity (Wildman–Crippen MR) is 90.3 cm³/mol. The van der Waals surface area contributed by atoms with E-state index in [1.807, 2.05) is 6.07 Å². The topological polar surface area (TPSA) is 95.0 Å². The monoisotopic (exact) mass is 328 g/mol. The molecule has 0 radical (unpaired) electrons. The third-order valence-electron chi connectivity index (χ3n) is 4.19. The van der Waals surface area contributed by atoms with Crippen molar-refractivity contribution in [2.24, 2.45) is 0 Å². The number of halogens is 1. The van der Waals surface area contributed by atoms with Gasteiger partial charge in [-0.3, -0.25) is 0 Å². The number of nitrogens with two attached hydrogens (primary N) is 1. The summed E-state index contributed by atoms with van der Waals surface area (Å²) in [5.74, 6) is 0.368. The van der Waals surface area contributed by atoms with E-state index in [1.54, 1.807) is 18.2 Å². The first kappa shape index (κ1) is 15.6. The minimum absolute atomic E-state index is 0.0292. The number of nitriles is 1. The van der Waals surface area contributed by atoms with Gasteiger partial charge < -0.3 is 16.2 Å². The molecule has 6 heteroatoms. The second-order valence-electron chi connectivity index (χ2n) is 5.65. The van der Waals surface area contributed by atoms with Gasteiger partial charge in [-0.05, 0) is 49.1 Å². The molecule has 1 unspecified atom stereocenters. The standard InChI is InChI=1S/C17H17ClN4O/c18-14-5-1-4-11(16(14)23)15-7-12(10-3-2-6-21-9-10)13(8-19)17(20)22-15/h1,4-5,7,10,21,23H,2-3,6,9H2,(H2,20,22). The van der Waals surface area contributed by atoms with Gasteiger partial charge in [0, 0.05) is 12.1 Å². The summed E-state index contributed by atoms with van der Waals surface area (Å²) in [4.78, 5) is 4.29. The van der Waals surface area contributed by atoms with Crippen LogP contribution in [0.3, 0.4) is 0 Å². The first-order valence-corrected chi connectivity index (χ1v) is 7.88. The summed E-state index contributed by atoms with van der Waals surface area (Å²) >= 11 is 5.98. The second kappa shape index (κ2) is 6.45. The zero-order chi connectivity index (χ0) is 16.4. The smallest absolute Gasteiger partial charge is 0.143 e. The maximum absolute atomic E-state index is 10.2. The number of benzene rings is 1. The van der Waals surface area contributed by atoms with E-state index in [0.29, 0.717) is 16.8 Å². The quantitative estimate of drug-likeness (QED) is 0.787. The normalized spacial score (nSPS) is 17.7. The van der Waals surface area contributed by atoms with Gasteiger partial charge in [0.1, 0.15) is 17.6 Å². The zero-order valence-corrected chi connectivity index (χ0v) is 13.3. The number of hydrogen-bond donors (Lipinski definition) is 3. The summed E-state index contributed by atoms with van der Waals surface area (Å²) in [6.45, 7) is 1.79. The van der Waals surface area contributed by atoms with Crippen molar-refractivity contribution in [3.8, 4) is 23.1 Å². The van der Waals surface area contributed by atoms with E-state index < -0.39 is 0 Å². The zero-order valence-electron chi connectivity index (χ0n) is 12.5. The number of phenolic OH excluding ortho intramolecular Hbond substituents is 1. The molecule has 0 amide bonds. The van der Waals surface area contributed by atoms with Crippen molar-refractivity contribution in [2.75, 3.05) is 18.8 Å². The Hall–Kier alpha value is -2.29. The molecule has 1 aromatic carbocycles. The van der Waals surface area contributed by atoms with Gasteiger partial charge >= 0.3 is 0 Å². The highest BCUT2D eigenvalue weighted by atomic mass is 35.5. The third kappa shape index (κ3) is 2.96. The van der Waals surface area contributed by atoms with Crippen LogP contribution in [0.4, 0.5) is 5.82 Å². The number of nitrogens with one attached hydrogen (secondary N) is 1. The van der Waals surface area contributed by atoms with Crippen molar-refractivity contribution in [3.05, 3.63) is 40.4 Å². The lowest BCUT2D eigenvalue weighted by Crippen LogP contribution is -2.29. The molecule has 0 aliphatic carbocycles. The van der Waals surface area contributed by atoms with Crippen LogP contribution in [0.1, 0.15) is 29.9 Å². The van der Waals surface area contributed by atoms with Crippen LogP contribution < -0.4 is 11.1 Å². The van der Waals surface area contributed by atoms with Crippen LogP contribution in [0.5, 0.6) is 5.75 Å². The van der Waals surface area contributed by atoms with Gasteiger partial charge in [-0.15, -0.1) is 0 Å². The number of pyridine rings is 1. The molecule has 1 aliphatic rings. The van der Waals surface area contributed by atoms with Crippen LogP contribution in [0.25, 0.3) is 11.3 Å². The van der Waals surface area contributed by atoms with Gasteiger partial charge in [0.15, 0.2) is 0 Å². The number of piperidine rings is 1. The molecule has 0 saturated carbocycles. The molecule has 3 rings (SSSR count). The Balaban J connectivity index is 2.14. The maximum Gasteiger partial charge on any atom is 0.143 e. The summed E-state index contributed by atoms with van der Waals surface area (Å²) in [5, 5.41) is 23.2. The lowest BCUT2D eigenvalue weighted by atomic mass is 9.88. The third-order valence-corrected chi connectivity index (χ3v) is 4.49. The van der Waals surface area contributed by atoms with E-state index in [-0.39, 0.29) is 22.5 Å². The minimum atomic E-state index is -0.0292. The fraction of sp³-hybridized carbons (Fsp3) is 0.294. The highest BCUT2D eigenvalue weighted by Gasteiger charge is 2.22. The molecule has 23 heavy (non-hydrogen) atoms. The van der Waals surface area contributed by atoms with Gasteiger partial charge in [0.2, 0.25) is 0 Å². The van der Waals surface area contributed by atoms with E-state index in [1.165, 1.54) is 0 Å². The van der Waals surface area contributed by atoms with E-state index in [9.17, 15) is 10.4 Å². The van der Waals surface area contributed by atoms with Crippen LogP contribution in [0.2, 0.25) is 5.02 Å². The van der Waals surface area contributed by atoms with Crippen molar-refractivity contribution in [3.63, 3.8) is 0 Å². The molecule has 4 N–H and O–H groups in total. The number of aromatic hydroxyl groups is 1. The Morgan fingerprint density at radius 3 is 2.96 bits per heavy atom. The van der Waals surface area contributed by atoms with Crippen molar-refractivity contribution in [1.82, 2.24) is 10.3 Å². The fourth-order valence-corrected chi connectivity index (χ4v) is 3.18. The molecule has 118 valence electrons. The number of rotatable bonds is 2. The number of anilines is 1. The van der Waals surface area contributed by atoms with Gasteiger partial charge in [-0.2, -0.15) is 5.26 Å². The highest BCUT2D eigenvalue weighted by molar-refractivity contribution is 6.32. The SMILES string of the molecule is N#Cc1c(C2CCCNC2)cc(-c2cccc(Cl)c2O)nc1N. The number of phenols is 1. The van der Waals surface area contributed by atoms with Crippen molar-refractivity contribution in [1.29, 1.82) is 5.26 Å². The minimum Gasteiger partial charge on any atom is -0.506 e. The Morgan fingerprint density at radius 2 is 2.26 bits per heavy atom. The van der Waals surface area contributed by atoms with E-state index >= 15 is 0 Å². The van der Waals surface area contributed by atoms with Crippen molar-refractivity contribution < 1.29 is 5.11 Å². The molecule has 2 aromatic rings. The number of hydrogen-bond acceptors (Lipinski definition) is 5. The molecule has 2 heterocycles. The molecule has 0 spiro atoms. The molecular weight excluding hydrogens is 312 g/mol. The highest BCUT2D eigenvalue weighted by Crippen LogP contribution is 2.37. The van der Waals surface area contributed by atoms with Crippen LogP contribution in [0, 0.1) is 11.3 Å². The van der Waals surface area contributed by atoms with Gasteiger partial charge in [0.25, 0.3) is 0 Å². The molecule has 5 nitrogen and oxygen atoms in total. The predicted octanol–water partition coefficient (Wildman–Crippen LogP) is 3.03. The first-order chi connectivity index (χ1) is 11.1. The Morgan fingerprint density at radius 1 is 1.43 bits per heavy atom. The van der Waals surface area contributed by atoms with Crippen molar-refractivity contribution >= 4 is 17.4 Å². The number of para-hydroxylation sites is 1. The largest absolute Gasteiger partial charge is 0.506 e. The maximum atomic E-state index is 10.2. The molecule has 1 aromatic heterocycles. The van der Waals surface area contributed by atoms with Crippen LogP contribution in [0.15, 0.2) is 24.3 Å². The summed E-state index contributed by atoms with van der Waals surface area (Å²) in [6.07, 6.45) is 2.04. The fourth-order valence-electron chi connectivity index (χ4n) is 3.01.